The number of carbonyl (C=O) groups is 1. The number of carbonyl (C=O) groups excluding carboxylic acids is 1. The quantitative estimate of drug-likeness (QED) is 0.762. The molecule has 1 heterocycles. The monoisotopic (exact) mass is 251 g/mol. The molecule has 1 aromatic rings. The summed E-state index contributed by atoms with van der Waals surface area (Å²) in [5, 5.41) is 13.1. The molecule has 14 heavy (non-hydrogen) atoms. The molecule has 1 rings (SSSR count). The van der Waals surface area contributed by atoms with Crippen LogP contribution in [0, 0.1) is 0 Å². The molecule has 0 aliphatic heterocycles. The van der Waals surface area contributed by atoms with Crippen LogP contribution in [0.3, 0.4) is 0 Å². The van der Waals surface area contributed by atoms with Crippen LogP contribution in [0.4, 0.5) is 0 Å². The van der Waals surface area contributed by atoms with Crippen molar-refractivity contribution in [2.45, 2.75) is 12.5 Å². The summed E-state index contributed by atoms with van der Waals surface area (Å²) in [5.74, 6) is -0.000766. The first-order chi connectivity index (χ1) is 6.77. The lowest BCUT2D eigenvalue weighted by molar-refractivity contribution is -0.134. The molecule has 1 N–H and O–H groups in total. The van der Waals surface area contributed by atoms with Gasteiger partial charge in [0.15, 0.2) is 11.9 Å². The van der Waals surface area contributed by atoms with Gasteiger partial charge >= 0.3 is 5.97 Å². The smallest absolute Gasteiger partial charge is 0.334 e. The van der Waals surface area contributed by atoms with E-state index < -0.39 is 12.0 Å². The van der Waals surface area contributed by atoms with Gasteiger partial charge in [-0.3, -0.25) is 4.74 Å². The molecule has 1 aromatic heterocycles. The van der Waals surface area contributed by atoms with Gasteiger partial charge in [-0.1, -0.05) is 14.1 Å². The Labute approximate surface area is 86.0 Å². The van der Waals surface area contributed by atoms with Gasteiger partial charge in [0.25, 0.3) is 0 Å². The molecule has 0 aliphatic rings. The maximum Gasteiger partial charge on any atom is 0.334 e. The highest BCUT2D eigenvalue weighted by Crippen LogP contribution is 2.23. The number of aromatic nitrogens is 4. The number of hydrogen-bond acceptors (Lipinski definition) is 6. The Kier molecular flexibility index (Phi) is 5.02. The van der Waals surface area contributed by atoms with E-state index in [1.165, 1.54) is 0 Å². The van der Waals surface area contributed by atoms with Crippen molar-refractivity contribution < 1.29 is 9.32 Å². The van der Waals surface area contributed by atoms with Crippen molar-refractivity contribution in [2.24, 2.45) is 4.74 Å². The van der Waals surface area contributed by atoms with Gasteiger partial charge in [-0.15, -0.1) is 10.2 Å². The summed E-state index contributed by atoms with van der Waals surface area (Å²) in [5.41, 5.74) is 0. The fourth-order valence-electron chi connectivity index (χ4n) is 0.750. The molecule has 0 aliphatic carbocycles. The van der Waals surface area contributed by atoms with Crippen molar-refractivity contribution >= 4 is 32.4 Å². The second-order valence-corrected chi connectivity index (χ2v) is 3.62. The number of nitrogens with one attached hydrogen (secondary N) is 1. The fraction of sp³-hybridized carbons (Fsp3) is 0.500. The van der Waals surface area contributed by atoms with E-state index in [0.717, 1.165) is 0 Å². The maximum absolute atomic E-state index is 11.3. The van der Waals surface area contributed by atoms with E-state index in [4.69, 9.17) is 4.52 Å². The summed E-state index contributed by atoms with van der Waals surface area (Å²) in [7, 11) is 5.25. The number of aromatic amines is 1. The lowest BCUT2D eigenvalue weighted by Gasteiger charge is -2.06. The van der Waals surface area contributed by atoms with Gasteiger partial charge in [-0.25, -0.2) is 4.79 Å². The van der Waals surface area contributed by atoms with E-state index in [-0.39, 0.29) is 14.9 Å². The molecule has 0 spiro atoms. The zero-order chi connectivity index (χ0) is 10.4. The third-order valence-electron chi connectivity index (χ3n) is 1.35. The molecular weight excluding hydrogens is 243 g/mol. The van der Waals surface area contributed by atoms with E-state index in [1.54, 1.807) is 0 Å². The van der Waals surface area contributed by atoms with Crippen LogP contribution in [-0.2, 0) is 15.7 Å². The second kappa shape index (κ2) is 6.07. The summed E-state index contributed by atoms with van der Waals surface area (Å²) in [6.07, 6.45) is 0.258. The first-order valence-corrected chi connectivity index (χ1v) is 6.69. The van der Waals surface area contributed by atoms with Crippen LogP contribution >= 0.6 is 26.5 Å². The number of hydrogen-bond donors (Lipinski definition) is 1. The van der Waals surface area contributed by atoms with E-state index in [1.807, 2.05) is 0 Å². The Hall–Kier alpha value is -0.500. The van der Waals surface area contributed by atoms with E-state index >= 15 is 0 Å². The average molecular weight is 251 g/mol. The van der Waals surface area contributed by atoms with Crippen LogP contribution in [0.5, 0.6) is 0 Å². The van der Waals surface area contributed by atoms with Crippen molar-refractivity contribution in [1.29, 1.82) is 0 Å². The molecule has 0 aromatic carbocycles. The molecule has 0 fully saturated rings. The fourth-order valence-corrected chi connectivity index (χ4v) is 1.55. The van der Waals surface area contributed by atoms with Crippen LogP contribution in [0.15, 0.2) is 4.74 Å². The molecule has 0 saturated heterocycles. The van der Waals surface area contributed by atoms with E-state index in [2.05, 4.69) is 43.3 Å². The van der Waals surface area contributed by atoms with Crippen molar-refractivity contribution in [3.63, 3.8) is 0 Å². The van der Waals surface area contributed by atoms with Crippen LogP contribution < -0.4 is 0 Å². The Morgan fingerprint density at radius 3 is 3.14 bits per heavy atom. The SMILES string of the molecule is O=C(OPP)C(Cc1nn[nH]n1)N=P. The molecule has 0 bridgehead atoms. The van der Waals surface area contributed by atoms with Gasteiger partial charge in [0.1, 0.15) is 0 Å². The van der Waals surface area contributed by atoms with Gasteiger partial charge in [0.2, 0.25) is 0 Å². The normalized spacial score (nSPS) is 12.9. The van der Waals surface area contributed by atoms with Gasteiger partial charge in [0, 0.05) is 6.42 Å². The highest BCUT2D eigenvalue weighted by molar-refractivity contribution is 8.00. The minimum atomic E-state index is -0.641. The molecule has 3 unspecified atom stereocenters. The summed E-state index contributed by atoms with van der Waals surface area (Å²) >= 11 is 0. The lowest BCUT2D eigenvalue weighted by atomic mass is 10.2. The summed E-state index contributed by atoms with van der Waals surface area (Å²) in [6, 6.07) is -0.641. The van der Waals surface area contributed by atoms with Crippen molar-refractivity contribution in [3.8, 4) is 0 Å². The predicted molar refractivity (Wildman–Crippen MR) is 56.5 cm³/mol. The van der Waals surface area contributed by atoms with Gasteiger partial charge < -0.3 is 4.52 Å². The first-order valence-electron chi connectivity index (χ1n) is 3.53. The number of tetrazole rings is 1. The van der Waals surface area contributed by atoms with Crippen LogP contribution in [0.25, 0.3) is 0 Å². The third kappa shape index (κ3) is 3.33. The molecule has 76 valence electrons. The minimum Gasteiger partial charge on any atom is -0.443 e. The zero-order valence-electron chi connectivity index (χ0n) is 6.97. The van der Waals surface area contributed by atoms with Crippen LogP contribution in [0.1, 0.15) is 5.82 Å². The standard InChI is InChI=1S/C4H8N5O2P3/c10-4(11-14-13)2(7-12)1-3-5-8-9-6-3/h2,12,14H,1,13H2,(H,5,6,8,9). The van der Waals surface area contributed by atoms with Crippen molar-refractivity contribution in [1.82, 2.24) is 20.6 Å². The van der Waals surface area contributed by atoms with E-state index in [9.17, 15) is 4.79 Å². The Balaban J connectivity index is 2.55. The summed E-state index contributed by atoms with van der Waals surface area (Å²) in [6.45, 7) is 0. The topological polar surface area (TPSA) is 93.1 Å². The minimum absolute atomic E-state index is 0.0234. The lowest BCUT2D eigenvalue weighted by Crippen LogP contribution is -2.21. The Bertz CT molecular complexity index is 304. The molecule has 7 nitrogen and oxygen atoms in total. The molecule has 0 radical (unpaired) electrons. The maximum atomic E-state index is 11.3. The largest absolute Gasteiger partial charge is 0.443 e. The second-order valence-electron chi connectivity index (χ2n) is 2.22. The van der Waals surface area contributed by atoms with E-state index in [0.29, 0.717) is 5.82 Å². The van der Waals surface area contributed by atoms with Crippen LogP contribution in [0.2, 0.25) is 0 Å². The van der Waals surface area contributed by atoms with Gasteiger partial charge in [0.05, 0.1) is 8.50 Å². The van der Waals surface area contributed by atoms with Gasteiger partial charge in [-0.2, -0.15) is 5.21 Å². The summed E-state index contributed by atoms with van der Waals surface area (Å²) < 4.78 is 8.47. The first kappa shape index (κ1) is 11.6. The van der Waals surface area contributed by atoms with Crippen molar-refractivity contribution in [2.75, 3.05) is 0 Å². The predicted octanol–water partition coefficient (Wildman–Crippen LogP) is 0.364. The molecule has 0 amide bonds. The number of nitrogens with zero attached hydrogens (tertiary/aromatic N) is 4. The Morgan fingerprint density at radius 1 is 1.86 bits per heavy atom. The third-order valence-corrected chi connectivity index (χ3v) is 2.34. The molecule has 3 atom stereocenters. The average Bonchev–Trinajstić information content (AvgIpc) is 2.66. The highest BCUT2D eigenvalue weighted by atomic mass is 32.0. The number of rotatable bonds is 5. The number of H-pyrrole nitrogens is 1. The summed E-state index contributed by atoms with van der Waals surface area (Å²) in [4.78, 5) is 11.3. The molecule has 10 heteroatoms. The molecule has 0 saturated carbocycles. The van der Waals surface area contributed by atoms with Gasteiger partial charge in [-0.05, 0) is 9.03 Å². The van der Waals surface area contributed by atoms with Crippen molar-refractivity contribution in [3.05, 3.63) is 5.82 Å². The Morgan fingerprint density at radius 2 is 2.64 bits per heavy atom. The highest BCUT2D eigenvalue weighted by Gasteiger charge is 2.20. The zero-order valence-corrected chi connectivity index (χ0v) is 10.1. The molecular formula is C4H8N5O2P3. The van der Waals surface area contributed by atoms with Crippen LogP contribution in [-0.4, -0.2) is 32.6 Å².